The fourth-order valence-electron chi connectivity index (χ4n) is 2.36. The Bertz CT molecular complexity index is 558. The van der Waals surface area contributed by atoms with E-state index in [0.29, 0.717) is 36.9 Å². The molecular formula is C18H28N2O4. The summed E-state index contributed by atoms with van der Waals surface area (Å²) in [5.41, 5.74) is 1.04. The first-order valence-corrected chi connectivity index (χ1v) is 8.10. The molecule has 0 saturated heterocycles. The van der Waals surface area contributed by atoms with Crippen LogP contribution in [0, 0.1) is 5.92 Å². The topological polar surface area (TPSA) is 67.9 Å². The molecule has 134 valence electrons. The number of ether oxygens (including phenoxy) is 2. The van der Waals surface area contributed by atoms with Gasteiger partial charge in [-0.1, -0.05) is 19.9 Å². The monoisotopic (exact) mass is 336 g/mol. The molecule has 2 amide bonds. The van der Waals surface area contributed by atoms with Crippen molar-refractivity contribution < 1.29 is 19.1 Å². The van der Waals surface area contributed by atoms with E-state index in [-0.39, 0.29) is 18.4 Å². The summed E-state index contributed by atoms with van der Waals surface area (Å²) >= 11 is 0. The van der Waals surface area contributed by atoms with Crippen molar-refractivity contribution in [2.24, 2.45) is 5.92 Å². The molecule has 1 aromatic rings. The van der Waals surface area contributed by atoms with E-state index in [9.17, 15) is 9.59 Å². The van der Waals surface area contributed by atoms with Gasteiger partial charge in [0.25, 0.3) is 0 Å². The minimum atomic E-state index is -0.147. The molecule has 0 unspecified atom stereocenters. The van der Waals surface area contributed by atoms with Crippen molar-refractivity contribution in [1.82, 2.24) is 10.2 Å². The van der Waals surface area contributed by atoms with E-state index in [1.165, 1.54) is 6.92 Å². The number of nitrogens with zero attached hydrogens (tertiary/aromatic N) is 1. The molecule has 1 rings (SSSR count). The second kappa shape index (κ2) is 9.80. The Morgan fingerprint density at radius 2 is 1.83 bits per heavy atom. The highest BCUT2D eigenvalue weighted by molar-refractivity contribution is 5.83. The van der Waals surface area contributed by atoms with Gasteiger partial charge in [-0.2, -0.15) is 0 Å². The van der Waals surface area contributed by atoms with Crippen LogP contribution in [0.1, 0.15) is 26.3 Å². The summed E-state index contributed by atoms with van der Waals surface area (Å²) in [5.74, 6) is 1.44. The van der Waals surface area contributed by atoms with Crippen LogP contribution in [0.2, 0.25) is 0 Å². The van der Waals surface area contributed by atoms with Gasteiger partial charge in [-0.25, -0.2) is 0 Å². The number of rotatable bonds is 9. The van der Waals surface area contributed by atoms with E-state index >= 15 is 0 Å². The molecule has 24 heavy (non-hydrogen) atoms. The number of benzene rings is 1. The third-order valence-corrected chi connectivity index (χ3v) is 3.55. The number of hydrogen-bond donors (Lipinski definition) is 1. The Hall–Kier alpha value is -2.24. The van der Waals surface area contributed by atoms with Gasteiger partial charge in [0.05, 0.1) is 20.8 Å². The maximum Gasteiger partial charge on any atom is 0.239 e. The van der Waals surface area contributed by atoms with Crippen molar-refractivity contribution in [3.8, 4) is 11.5 Å². The fraction of sp³-hybridized carbons (Fsp3) is 0.556. The number of methoxy groups -OCH3 is 2. The van der Waals surface area contributed by atoms with E-state index in [0.717, 1.165) is 5.56 Å². The SMILES string of the molecule is COc1ccc(CCNC(=O)CN(CC(C)C)C(C)=O)cc1OC. The zero-order chi connectivity index (χ0) is 18.1. The van der Waals surface area contributed by atoms with E-state index in [2.05, 4.69) is 5.32 Å². The molecule has 0 aromatic heterocycles. The summed E-state index contributed by atoms with van der Waals surface area (Å²) in [6.07, 6.45) is 0.677. The summed E-state index contributed by atoms with van der Waals surface area (Å²) in [4.78, 5) is 25.1. The van der Waals surface area contributed by atoms with Crippen LogP contribution >= 0.6 is 0 Å². The molecule has 0 saturated carbocycles. The molecule has 0 atom stereocenters. The molecular weight excluding hydrogens is 308 g/mol. The van der Waals surface area contributed by atoms with E-state index < -0.39 is 0 Å². The Morgan fingerprint density at radius 3 is 2.38 bits per heavy atom. The smallest absolute Gasteiger partial charge is 0.239 e. The maximum atomic E-state index is 12.0. The van der Waals surface area contributed by atoms with Crippen LogP contribution in [0.15, 0.2) is 18.2 Å². The number of nitrogens with one attached hydrogen (secondary N) is 1. The Balaban J connectivity index is 2.49. The van der Waals surface area contributed by atoms with Gasteiger partial charge in [0, 0.05) is 20.0 Å². The third kappa shape index (κ3) is 6.48. The molecule has 0 bridgehead atoms. The molecule has 0 aliphatic rings. The van der Waals surface area contributed by atoms with Crippen LogP contribution in [0.3, 0.4) is 0 Å². The van der Waals surface area contributed by atoms with Gasteiger partial charge in [0.1, 0.15) is 0 Å². The number of carbonyl (C=O) groups excluding carboxylic acids is 2. The molecule has 6 nitrogen and oxygen atoms in total. The summed E-state index contributed by atoms with van der Waals surface area (Å²) in [6, 6.07) is 5.68. The average molecular weight is 336 g/mol. The molecule has 0 aliphatic carbocycles. The number of hydrogen-bond acceptors (Lipinski definition) is 4. The number of amides is 2. The summed E-state index contributed by atoms with van der Waals surface area (Å²) in [5, 5.41) is 2.85. The van der Waals surface area contributed by atoms with Crippen LogP contribution in [0.5, 0.6) is 11.5 Å². The second-order valence-electron chi connectivity index (χ2n) is 6.08. The largest absolute Gasteiger partial charge is 0.493 e. The molecule has 0 spiro atoms. The predicted molar refractivity (Wildman–Crippen MR) is 93.4 cm³/mol. The van der Waals surface area contributed by atoms with Gasteiger partial charge in [-0.05, 0) is 30.0 Å². The van der Waals surface area contributed by atoms with Crippen molar-refractivity contribution in [3.63, 3.8) is 0 Å². The highest BCUT2D eigenvalue weighted by Gasteiger charge is 2.14. The predicted octanol–water partition coefficient (Wildman–Crippen LogP) is 1.87. The highest BCUT2D eigenvalue weighted by atomic mass is 16.5. The van der Waals surface area contributed by atoms with Crippen LogP contribution < -0.4 is 14.8 Å². The van der Waals surface area contributed by atoms with Crippen LogP contribution in [-0.4, -0.2) is 50.6 Å². The van der Waals surface area contributed by atoms with Crippen molar-refractivity contribution in [3.05, 3.63) is 23.8 Å². The van der Waals surface area contributed by atoms with Gasteiger partial charge in [-0.15, -0.1) is 0 Å². The minimum absolute atomic E-state index is 0.0845. The van der Waals surface area contributed by atoms with E-state index in [1.54, 1.807) is 19.1 Å². The first-order chi connectivity index (χ1) is 11.4. The van der Waals surface area contributed by atoms with Gasteiger partial charge in [0.15, 0.2) is 11.5 Å². The first kappa shape index (κ1) is 19.8. The summed E-state index contributed by atoms with van der Waals surface area (Å²) in [7, 11) is 3.18. The van der Waals surface area contributed by atoms with Gasteiger partial charge < -0.3 is 19.7 Å². The van der Waals surface area contributed by atoms with E-state index in [1.807, 2.05) is 32.0 Å². The molecule has 1 aromatic carbocycles. The van der Waals surface area contributed by atoms with Crippen molar-refractivity contribution in [2.45, 2.75) is 27.2 Å². The lowest BCUT2D eigenvalue weighted by Crippen LogP contribution is -2.41. The quantitative estimate of drug-likeness (QED) is 0.747. The molecule has 0 heterocycles. The fourth-order valence-corrected chi connectivity index (χ4v) is 2.36. The normalized spacial score (nSPS) is 10.4. The van der Waals surface area contributed by atoms with Crippen LogP contribution in [0.25, 0.3) is 0 Å². The lowest BCUT2D eigenvalue weighted by Gasteiger charge is -2.22. The minimum Gasteiger partial charge on any atom is -0.493 e. The molecule has 1 N–H and O–H groups in total. The zero-order valence-corrected chi connectivity index (χ0v) is 15.2. The van der Waals surface area contributed by atoms with Crippen molar-refractivity contribution in [2.75, 3.05) is 33.9 Å². The molecule has 0 fully saturated rings. The van der Waals surface area contributed by atoms with Gasteiger partial charge >= 0.3 is 0 Å². The van der Waals surface area contributed by atoms with Gasteiger partial charge in [-0.3, -0.25) is 9.59 Å². The van der Waals surface area contributed by atoms with E-state index in [4.69, 9.17) is 9.47 Å². The average Bonchev–Trinajstić information content (AvgIpc) is 2.53. The lowest BCUT2D eigenvalue weighted by atomic mass is 10.1. The standard InChI is InChI=1S/C18H28N2O4/c1-13(2)11-20(14(3)21)12-18(22)19-9-8-15-6-7-16(23-4)17(10-15)24-5/h6-7,10,13H,8-9,11-12H2,1-5H3,(H,19,22). The molecule has 6 heteroatoms. The summed E-state index contributed by atoms with van der Waals surface area (Å²) < 4.78 is 10.5. The molecule has 0 radical (unpaired) electrons. The number of carbonyl (C=O) groups is 2. The van der Waals surface area contributed by atoms with Crippen LogP contribution in [0.4, 0.5) is 0 Å². The Labute approximate surface area is 144 Å². The second-order valence-corrected chi connectivity index (χ2v) is 6.08. The first-order valence-electron chi connectivity index (χ1n) is 8.10. The Kier molecular flexibility index (Phi) is 8.09. The van der Waals surface area contributed by atoms with Crippen molar-refractivity contribution in [1.29, 1.82) is 0 Å². The van der Waals surface area contributed by atoms with Crippen molar-refractivity contribution >= 4 is 11.8 Å². The highest BCUT2D eigenvalue weighted by Crippen LogP contribution is 2.27. The molecule has 0 aliphatic heterocycles. The third-order valence-electron chi connectivity index (χ3n) is 3.55. The Morgan fingerprint density at radius 1 is 1.17 bits per heavy atom. The zero-order valence-electron chi connectivity index (χ0n) is 15.2. The van der Waals surface area contributed by atoms with Crippen LogP contribution in [-0.2, 0) is 16.0 Å². The summed E-state index contributed by atoms with van der Waals surface area (Å²) in [6.45, 7) is 6.70. The maximum absolute atomic E-state index is 12.0. The lowest BCUT2D eigenvalue weighted by molar-refractivity contribution is -0.134. The van der Waals surface area contributed by atoms with Gasteiger partial charge in [0.2, 0.25) is 11.8 Å².